The van der Waals surface area contributed by atoms with Crippen molar-refractivity contribution in [3.8, 4) is 0 Å². The molecule has 16 heavy (non-hydrogen) atoms. The number of hydrogen-bond donors (Lipinski definition) is 2. The maximum atomic E-state index is 11.5. The monoisotopic (exact) mass is 221 g/mol. The molecule has 1 saturated carbocycles. The van der Waals surface area contributed by atoms with E-state index >= 15 is 0 Å². The van der Waals surface area contributed by atoms with Crippen LogP contribution in [-0.4, -0.2) is 28.6 Å². The fraction of sp³-hybridized carbons (Fsp3) is 0.500. The van der Waals surface area contributed by atoms with E-state index in [-0.39, 0.29) is 17.3 Å². The van der Waals surface area contributed by atoms with Crippen LogP contribution in [0.25, 0.3) is 0 Å². The smallest absolute Gasteiger partial charge is 0.269 e. The number of nitrogens with one attached hydrogen (secondary N) is 1. The van der Waals surface area contributed by atoms with Crippen LogP contribution in [0.15, 0.2) is 0 Å². The third kappa shape index (κ3) is 2.05. The molecular weight excluding hydrogens is 208 g/mol. The Labute approximate surface area is 92.8 Å². The van der Waals surface area contributed by atoms with Crippen LogP contribution in [-0.2, 0) is 6.54 Å². The van der Waals surface area contributed by atoms with Crippen molar-refractivity contribution in [1.29, 1.82) is 0 Å². The molecule has 0 aliphatic heterocycles. The van der Waals surface area contributed by atoms with Gasteiger partial charge in [-0.15, -0.1) is 0 Å². The Kier molecular flexibility index (Phi) is 2.64. The Balaban J connectivity index is 2.30. The van der Waals surface area contributed by atoms with Gasteiger partial charge in [-0.3, -0.25) is 14.3 Å². The lowest BCUT2D eigenvalue weighted by molar-refractivity contribution is 0.0950. The highest BCUT2D eigenvalue weighted by Gasteiger charge is 2.25. The van der Waals surface area contributed by atoms with E-state index in [0.29, 0.717) is 12.5 Å². The molecule has 6 heteroatoms. The van der Waals surface area contributed by atoms with Crippen LogP contribution in [0.1, 0.15) is 33.8 Å². The lowest BCUT2D eigenvalue weighted by atomic mass is 10.3. The third-order valence-corrected chi connectivity index (χ3v) is 2.52. The molecule has 1 aliphatic carbocycles. The van der Waals surface area contributed by atoms with Crippen LogP contribution in [0.2, 0.25) is 0 Å². The van der Waals surface area contributed by atoms with Crippen LogP contribution in [0.5, 0.6) is 0 Å². The van der Waals surface area contributed by atoms with E-state index in [1.807, 2.05) is 0 Å². The molecule has 1 radical (unpaired) electrons. The summed E-state index contributed by atoms with van der Waals surface area (Å²) >= 11 is 0. The molecule has 1 fully saturated rings. The fourth-order valence-electron chi connectivity index (χ4n) is 1.45. The Morgan fingerprint density at radius 1 is 1.62 bits per heavy atom. The van der Waals surface area contributed by atoms with Gasteiger partial charge >= 0.3 is 0 Å². The van der Waals surface area contributed by atoms with Gasteiger partial charge in [0.05, 0.1) is 6.07 Å². The minimum absolute atomic E-state index is 0.0132. The van der Waals surface area contributed by atoms with E-state index < -0.39 is 5.91 Å². The summed E-state index contributed by atoms with van der Waals surface area (Å²) in [7, 11) is 1.52. The molecule has 3 N–H and O–H groups in total. The van der Waals surface area contributed by atoms with Crippen molar-refractivity contribution in [3.05, 3.63) is 17.5 Å². The average molecular weight is 221 g/mol. The second-order valence-corrected chi connectivity index (χ2v) is 3.89. The number of aromatic nitrogens is 2. The number of primary amides is 1. The lowest BCUT2D eigenvalue weighted by Crippen LogP contribution is -2.22. The van der Waals surface area contributed by atoms with Gasteiger partial charge in [0.2, 0.25) is 0 Å². The Bertz CT molecular complexity index is 434. The van der Waals surface area contributed by atoms with Crippen molar-refractivity contribution in [1.82, 2.24) is 15.1 Å². The Morgan fingerprint density at radius 3 is 2.81 bits per heavy atom. The summed E-state index contributed by atoms with van der Waals surface area (Å²) in [6.45, 7) is 0.645. The molecule has 0 saturated heterocycles. The zero-order valence-electron chi connectivity index (χ0n) is 8.99. The minimum atomic E-state index is -0.667. The van der Waals surface area contributed by atoms with Crippen LogP contribution in [0.3, 0.4) is 0 Å². The van der Waals surface area contributed by atoms with Gasteiger partial charge in [-0.25, -0.2) is 0 Å². The summed E-state index contributed by atoms with van der Waals surface area (Å²) < 4.78 is 1.51. The number of rotatable bonds is 4. The van der Waals surface area contributed by atoms with Crippen molar-refractivity contribution >= 4 is 11.8 Å². The second kappa shape index (κ2) is 3.96. The predicted molar refractivity (Wildman–Crippen MR) is 55.7 cm³/mol. The molecule has 85 valence electrons. The van der Waals surface area contributed by atoms with Crippen molar-refractivity contribution in [2.75, 3.05) is 7.05 Å². The lowest BCUT2D eigenvalue weighted by Gasteiger charge is -2.04. The van der Waals surface area contributed by atoms with Gasteiger partial charge in [0.25, 0.3) is 11.8 Å². The maximum Gasteiger partial charge on any atom is 0.269 e. The summed E-state index contributed by atoms with van der Waals surface area (Å²) in [5.41, 5.74) is 5.39. The van der Waals surface area contributed by atoms with Crippen LogP contribution < -0.4 is 11.1 Å². The topological polar surface area (TPSA) is 90.0 Å². The summed E-state index contributed by atoms with van der Waals surface area (Å²) in [5, 5.41) is 6.47. The molecule has 2 rings (SSSR count). The number of nitrogens with zero attached hydrogens (tertiary/aromatic N) is 2. The predicted octanol–water partition coefficient (Wildman–Crippen LogP) is -0.448. The number of carbonyl (C=O) groups is 2. The average Bonchev–Trinajstić information content (AvgIpc) is 2.95. The van der Waals surface area contributed by atoms with Crippen LogP contribution >= 0.6 is 0 Å². The molecule has 2 amide bonds. The van der Waals surface area contributed by atoms with Gasteiger partial charge in [0.1, 0.15) is 5.69 Å². The summed E-state index contributed by atoms with van der Waals surface area (Å²) in [5.74, 6) is -0.419. The van der Waals surface area contributed by atoms with E-state index in [9.17, 15) is 9.59 Å². The van der Waals surface area contributed by atoms with Gasteiger partial charge < -0.3 is 11.1 Å². The normalized spacial score (nSPS) is 14.8. The maximum absolute atomic E-state index is 11.5. The summed E-state index contributed by atoms with van der Waals surface area (Å²) in [4.78, 5) is 22.5. The zero-order chi connectivity index (χ0) is 11.7. The largest absolute Gasteiger partial charge is 0.364 e. The summed E-state index contributed by atoms with van der Waals surface area (Å²) in [6.07, 6.45) is 2.28. The Hall–Kier alpha value is -1.85. The molecule has 0 unspecified atom stereocenters. The van der Waals surface area contributed by atoms with Crippen molar-refractivity contribution < 1.29 is 9.59 Å². The number of carbonyl (C=O) groups excluding carboxylic acids is 2. The van der Waals surface area contributed by atoms with Gasteiger partial charge in [-0.05, 0) is 18.8 Å². The molecule has 1 heterocycles. The summed E-state index contributed by atoms with van der Waals surface area (Å²) in [6, 6.07) is 2.63. The molecule has 1 aliphatic rings. The first-order chi connectivity index (χ1) is 7.61. The van der Waals surface area contributed by atoms with Gasteiger partial charge in [0, 0.05) is 13.6 Å². The van der Waals surface area contributed by atoms with Gasteiger partial charge in [0.15, 0.2) is 5.69 Å². The number of nitrogens with two attached hydrogens (primary N) is 1. The van der Waals surface area contributed by atoms with E-state index in [1.54, 1.807) is 0 Å². The highest BCUT2D eigenvalue weighted by molar-refractivity contribution is 5.96. The van der Waals surface area contributed by atoms with Crippen LogP contribution in [0, 0.1) is 12.0 Å². The highest BCUT2D eigenvalue weighted by atomic mass is 16.2. The molecule has 6 nitrogen and oxygen atoms in total. The molecule has 0 spiro atoms. The van der Waals surface area contributed by atoms with Crippen molar-refractivity contribution in [2.45, 2.75) is 19.4 Å². The molecule has 0 atom stereocenters. The quantitative estimate of drug-likeness (QED) is 0.721. The number of hydrogen-bond acceptors (Lipinski definition) is 3. The first-order valence-corrected chi connectivity index (χ1v) is 5.14. The molecule has 1 aromatic rings. The van der Waals surface area contributed by atoms with E-state index in [0.717, 1.165) is 12.8 Å². The fourth-order valence-corrected chi connectivity index (χ4v) is 1.45. The SMILES string of the molecule is CNC(=O)c1[c]c(C(N)=O)nn1CC1CC1. The standard InChI is InChI=1S/C10H13N4O2/c1-12-10(16)8-4-7(9(11)15)13-14(8)5-6-2-3-6/h6H,2-3,5H2,1H3,(H2,11,15)(H,12,16). The first-order valence-electron chi connectivity index (χ1n) is 5.14. The third-order valence-electron chi connectivity index (χ3n) is 2.52. The molecular formula is C10H13N4O2. The first kappa shape index (κ1) is 10.7. The van der Waals surface area contributed by atoms with Gasteiger partial charge in [-0.1, -0.05) is 0 Å². The minimum Gasteiger partial charge on any atom is -0.364 e. The molecule has 1 aromatic heterocycles. The highest BCUT2D eigenvalue weighted by Crippen LogP contribution is 2.30. The van der Waals surface area contributed by atoms with Crippen LogP contribution in [0.4, 0.5) is 0 Å². The van der Waals surface area contributed by atoms with E-state index in [4.69, 9.17) is 5.73 Å². The van der Waals surface area contributed by atoms with E-state index in [2.05, 4.69) is 16.5 Å². The van der Waals surface area contributed by atoms with Gasteiger partial charge in [-0.2, -0.15) is 5.10 Å². The molecule has 0 aromatic carbocycles. The zero-order valence-corrected chi connectivity index (χ0v) is 8.99. The van der Waals surface area contributed by atoms with Crippen molar-refractivity contribution in [2.24, 2.45) is 11.7 Å². The molecule has 0 bridgehead atoms. The van der Waals surface area contributed by atoms with E-state index in [1.165, 1.54) is 11.7 Å². The second-order valence-electron chi connectivity index (χ2n) is 3.89. The Morgan fingerprint density at radius 2 is 2.31 bits per heavy atom. The number of amides is 2. The van der Waals surface area contributed by atoms with Crippen molar-refractivity contribution in [3.63, 3.8) is 0 Å².